The molecule has 4 heterocycles. The number of hydrogen-bond acceptors (Lipinski definition) is 4. The van der Waals surface area contributed by atoms with E-state index in [2.05, 4.69) is 27.6 Å². The molecular formula is C16H23N5OS. The molecule has 4 rings (SSSR count). The first-order valence-corrected chi connectivity index (χ1v) is 9.24. The minimum absolute atomic E-state index is 0.0750. The first kappa shape index (κ1) is 15.0. The lowest BCUT2D eigenvalue weighted by atomic mass is 9.82. The highest BCUT2D eigenvalue weighted by atomic mass is 32.1. The zero-order valence-corrected chi connectivity index (χ0v) is 14.2. The number of nitrogens with one attached hydrogen (secondary N) is 2. The molecule has 2 aliphatic heterocycles. The van der Waals surface area contributed by atoms with E-state index in [-0.39, 0.29) is 6.03 Å². The summed E-state index contributed by atoms with van der Waals surface area (Å²) in [6.45, 7) is 0.472. The van der Waals surface area contributed by atoms with E-state index in [1.165, 1.54) is 19.3 Å². The zero-order valence-electron chi connectivity index (χ0n) is 13.4. The summed E-state index contributed by atoms with van der Waals surface area (Å²) in [5, 5.41) is 8.10. The third-order valence-corrected chi connectivity index (χ3v) is 6.02. The molecule has 6 nitrogen and oxygen atoms in total. The largest absolute Gasteiger partial charge is 0.335 e. The summed E-state index contributed by atoms with van der Waals surface area (Å²) in [5.74, 6) is 0. The number of urea groups is 1. The summed E-state index contributed by atoms with van der Waals surface area (Å²) in [4.78, 5) is 20.1. The molecule has 2 aromatic rings. The van der Waals surface area contributed by atoms with Gasteiger partial charge in [-0.2, -0.15) is 0 Å². The van der Waals surface area contributed by atoms with Gasteiger partial charge in [0.2, 0.25) is 0 Å². The predicted octanol–water partition coefficient (Wildman–Crippen LogP) is 2.21. The fraction of sp³-hybridized carbons (Fsp3) is 0.625. The van der Waals surface area contributed by atoms with Gasteiger partial charge in [0.25, 0.3) is 0 Å². The van der Waals surface area contributed by atoms with Crippen molar-refractivity contribution in [2.45, 2.75) is 56.8 Å². The Morgan fingerprint density at radius 3 is 2.91 bits per heavy atom. The number of carbonyl (C=O) groups is 1. The maximum absolute atomic E-state index is 12.2. The summed E-state index contributed by atoms with van der Waals surface area (Å²) < 4.78 is 1.98. The van der Waals surface area contributed by atoms with Crippen molar-refractivity contribution < 1.29 is 4.79 Å². The van der Waals surface area contributed by atoms with E-state index in [1.807, 2.05) is 22.2 Å². The number of aromatic nitrogens is 2. The van der Waals surface area contributed by atoms with Crippen LogP contribution in [0.4, 0.5) is 4.79 Å². The maximum Gasteiger partial charge on any atom is 0.315 e. The van der Waals surface area contributed by atoms with Crippen molar-refractivity contribution >= 4 is 22.3 Å². The van der Waals surface area contributed by atoms with Gasteiger partial charge in [0.1, 0.15) is 0 Å². The molecule has 2 N–H and O–H groups in total. The van der Waals surface area contributed by atoms with Crippen LogP contribution in [0.1, 0.15) is 37.8 Å². The van der Waals surface area contributed by atoms with E-state index in [1.54, 1.807) is 11.3 Å². The van der Waals surface area contributed by atoms with Gasteiger partial charge in [-0.25, -0.2) is 9.78 Å². The third kappa shape index (κ3) is 3.07. The van der Waals surface area contributed by atoms with Crippen LogP contribution in [0.15, 0.2) is 17.8 Å². The number of carbonyl (C=O) groups excluding carboxylic acids is 1. The van der Waals surface area contributed by atoms with E-state index in [4.69, 9.17) is 0 Å². The number of hydrogen-bond donors (Lipinski definition) is 2. The van der Waals surface area contributed by atoms with Crippen molar-refractivity contribution in [3.63, 3.8) is 0 Å². The molecule has 0 radical (unpaired) electrons. The summed E-state index contributed by atoms with van der Waals surface area (Å²) in [6, 6.07) is 1.49. The Hall–Kier alpha value is -1.60. The number of imidazole rings is 1. The van der Waals surface area contributed by atoms with Gasteiger partial charge in [0.05, 0.1) is 12.2 Å². The van der Waals surface area contributed by atoms with Crippen LogP contribution in [0.3, 0.4) is 0 Å². The molecule has 2 bridgehead atoms. The van der Waals surface area contributed by atoms with E-state index < -0.39 is 0 Å². The molecule has 0 aromatic carbocycles. The smallest absolute Gasteiger partial charge is 0.315 e. The van der Waals surface area contributed by atoms with Gasteiger partial charge in [-0.1, -0.05) is 6.42 Å². The summed E-state index contributed by atoms with van der Waals surface area (Å²) >= 11 is 1.60. The molecule has 2 unspecified atom stereocenters. The Kier molecular flexibility index (Phi) is 3.98. The molecule has 124 valence electrons. The molecule has 2 amide bonds. The summed E-state index contributed by atoms with van der Waals surface area (Å²) in [5.41, 5.74) is 0.896. The van der Waals surface area contributed by atoms with Crippen molar-refractivity contribution in [1.82, 2.24) is 24.9 Å². The van der Waals surface area contributed by atoms with E-state index in [0.29, 0.717) is 24.7 Å². The number of amides is 2. The number of piperidine rings is 2. The Balaban J connectivity index is 1.29. The molecule has 0 aliphatic carbocycles. The number of nitrogens with zero attached hydrogens (tertiary/aromatic N) is 3. The van der Waals surface area contributed by atoms with Crippen LogP contribution in [-0.2, 0) is 6.54 Å². The molecule has 2 aromatic heterocycles. The van der Waals surface area contributed by atoms with Crippen LogP contribution in [0.5, 0.6) is 0 Å². The fourth-order valence-electron chi connectivity index (χ4n) is 4.00. The summed E-state index contributed by atoms with van der Waals surface area (Å²) in [7, 11) is 2.23. The van der Waals surface area contributed by atoms with Gasteiger partial charge in [0, 0.05) is 35.9 Å². The van der Waals surface area contributed by atoms with Gasteiger partial charge in [-0.3, -0.25) is 4.40 Å². The monoisotopic (exact) mass is 333 g/mol. The average molecular weight is 333 g/mol. The zero-order chi connectivity index (χ0) is 15.8. The topological polar surface area (TPSA) is 61.7 Å². The van der Waals surface area contributed by atoms with E-state index >= 15 is 0 Å². The first-order valence-electron chi connectivity index (χ1n) is 8.36. The molecule has 2 atom stereocenters. The summed E-state index contributed by atoms with van der Waals surface area (Å²) in [6.07, 6.45) is 9.94. The van der Waals surface area contributed by atoms with Crippen molar-refractivity contribution in [2.75, 3.05) is 7.05 Å². The average Bonchev–Trinajstić information content (AvgIpc) is 3.07. The normalized spacial score (nSPS) is 28.0. The second-order valence-electron chi connectivity index (χ2n) is 6.72. The Morgan fingerprint density at radius 2 is 2.17 bits per heavy atom. The minimum Gasteiger partial charge on any atom is -0.335 e. The second-order valence-corrected chi connectivity index (χ2v) is 7.60. The van der Waals surface area contributed by atoms with Crippen molar-refractivity contribution in [3.05, 3.63) is 23.5 Å². The van der Waals surface area contributed by atoms with Crippen molar-refractivity contribution in [2.24, 2.45) is 0 Å². The number of thiazole rings is 1. The van der Waals surface area contributed by atoms with Crippen LogP contribution in [0.2, 0.25) is 0 Å². The lowest BCUT2D eigenvalue weighted by Crippen LogP contribution is -2.56. The maximum atomic E-state index is 12.2. The lowest BCUT2D eigenvalue weighted by Gasteiger charge is -2.47. The number of fused-ring (bicyclic) bond motifs is 3. The SMILES string of the molecule is CN1C2CCCC1CC(NC(=O)NCc1cn3ccsc3n1)C2. The van der Waals surface area contributed by atoms with E-state index in [9.17, 15) is 4.79 Å². The minimum atomic E-state index is -0.0750. The highest BCUT2D eigenvalue weighted by molar-refractivity contribution is 7.15. The third-order valence-electron chi connectivity index (χ3n) is 5.25. The first-order chi connectivity index (χ1) is 11.2. The van der Waals surface area contributed by atoms with E-state index in [0.717, 1.165) is 23.5 Å². The van der Waals surface area contributed by atoms with Crippen molar-refractivity contribution in [1.29, 1.82) is 0 Å². The van der Waals surface area contributed by atoms with Crippen molar-refractivity contribution in [3.8, 4) is 0 Å². The van der Waals surface area contributed by atoms with Gasteiger partial charge in [-0.15, -0.1) is 11.3 Å². The Morgan fingerprint density at radius 1 is 1.39 bits per heavy atom. The molecule has 7 heteroatoms. The van der Waals surface area contributed by atoms with Gasteiger partial charge >= 0.3 is 6.03 Å². The lowest BCUT2D eigenvalue weighted by molar-refractivity contribution is 0.0509. The second kappa shape index (κ2) is 6.13. The predicted molar refractivity (Wildman–Crippen MR) is 90.7 cm³/mol. The molecule has 2 aliphatic rings. The van der Waals surface area contributed by atoms with Crippen LogP contribution >= 0.6 is 11.3 Å². The molecular weight excluding hydrogens is 310 g/mol. The molecule has 2 fully saturated rings. The fourth-order valence-corrected chi connectivity index (χ4v) is 4.72. The van der Waals surface area contributed by atoms with Crippen LogP contribution in [0, 0.1) is 0 Å². The van der Waals surface area contributed by atoms with Crippen LogP contribution < -0.4 is 10.6 Å². The van der Waals surface area contributed by atoms with Crippen LogP contribution in [0.25, 0.3) is 4.96 Å². The Bertz CT molecular complexity index is 653. The Labute approximate surface area is 139 Å². The van der Waals surface area contributed by atoms with Gasteiger partial charge < -0.3 is 15.5 Å². The quantitative estimate of drug-likeness (QED) is 0.905. The highest BCUT2D eigenvalue weighted by Crippen LogP contribution is 2.32. The standard InChI is InChI=1S/C16H23N5OS/c1-20-13-3-2-4-14(20)8-11(7-13)18-15(22)17-9-12-10-21-5-6-23-16(21)19-12/h5-6,10-11,13-14H,2-4,7-9H2,1H3,(H2,17,18,22). The molecule has 2 saturated heterocycles. The number of rotatable bonds is 3. The van der Waals surface area contributed by atoms with Crippen LogP contribution in [-0.4, -0.2) is 45.5 Å². The van der Waals surface area contributed by atoms with Gasteiger partial charge in [0.15, 0.2) is 4.96 Å². The highest BCUT2D eigenvalue weighted by Gasteiger charge is 2.36. The molecule has 0 spiro atoms. The van der Waals surface area contributed by atoms with Gasteiger partial charge in [-0.05, 0) is 32.7 Å². The molecule has 23 heavy (non-hydrogen) atoms. The molecule has 0 saturated carbocycles.